The molecule has 0 atom stereocenters. The Morgan fingerprint density at radius 3 is 2.12 bits per heavy atom. The Hall–Kier alpha value is 0.0500. The van der Waals surface area contributed by atoms with E-state index in [2.05, 4.69) is 0 Å². The summed E-state index contributed by atoms with van der Waals surface area (Å²) >= 11 is 0. The molecule has 0 aliphatic heterocycles. The zero-order chi connectivity index (χ0) is 6.62. The molecule has 0 radical (unpaired) electrons. The zero-order valence-corrected chi connectivity index (χ0v) is 6.21. The van der Waals surface area contributed by atoms with E-state index in [0.717, 1.165) is 6.26 Å². The van der Waals surface area contributed by atoms with Crippen LogP contribution in [0.25, 0.3) is 0 Å². The molecule has 0 heterocycles. The molecule has 0 unspecified atom stereocenters. The molecule has 0 fully saturated rings. The summed E-state index contributed by atoms with van der Waals surface area (Å²) in [4.78, 5) is 0. The van der Waals surface area contributed by atoms with E-state index in [1.807, 2.05) is 0 Å². The Labute approximate surface area is 50.2 Å². The van der Waals surface area contributed by atoms with Gasteiger partial charge in [-0.15, -0.1) is 0 Å². The molecular formula is C3H7O3PS. The molecule has 0 N–H and O–H groups in total. The molecule has 3 nitrogen and oxygen atoms in total. The van der Waals surface area contributed by atoms with E-state index >= 15 is 0 Å². The van der Waals surface area contributed by atoms with E-state index in [9.17, 15) is 13.0 Å². The molecule has 0 aliphatic carbocycles. The quantitative estimate of drug-likeness (QED) is 0.550. The van der Waals surface area contributed by atoms with Crippen molar-refractivity contribution in [3.63, 3.8) is 0 Å². The van der Waals surface area contributed by atoms with Crippen LogP contribution in [-0.2, 0) is 14.4 Å². The van der Waals surface area contributed by atoms with Gasteiger partial charge in [-0.25, -0.2) is 8.42 Å². The summed E-state index contributed by atoms with van der Waals surface area (Å²) in [5.74, 6) is 0.0120. The summed E-state index contributed by atoms with van der Waals surface area (Å²) in [5.41, 5.74) is 0. The predicted octanol–water partition coefficient (Wildman–Crippen LogP) is 0.323. The summed E-state index contributed by atoms with van der Waals surface area (Å²) in [6.45, 7) is 0. The van der Waals surface area contributed by atoms with Crippen LogP contribution in [0.3, 0.4) is 0 Å². The zero-order valence-electron chi connectivity index (χ0n) is 4.49. The average molecular weight is 154 g/mol. The van der Waals surface area contributed by atoms with Crippen LogP contribution < -0.4 is 0 Å². The molecule has 0 bridgehead atoms. The van der Waals surface area contributed by atoms with Gasteiger partial charge in [0.25, 0.3) is 0 Å². The fourth-order valence-electron chi connectivity index (χ4n) is 0.203. The summed E-state index contributed by atoms with van der Waals surface area (Å²) < 4.78 is 30.2. The van der Waals surface area contributed by atoms with Crippen molar-refractivity contribution in [3.8, 4) is 0 Å². The van der Waals surface area contributed by atoms with E-state index < -0.39 is 9.84 Å². The number of rotatable bonds is 3. The molecule has 0 saturated carbocycles. The Morgan fingerprint density at radius 1 is 1.50 bits per heavy atom. The monoisotopic (exact) mass is 154 g/mol. The van der Waals surface area contributed by atoms with E-state index in [4.69, 9.17) is 0 Å². The minimum Gasteiger partial charge on any atom is -0.275 e. The molecular weight excluding hydrogens is 147 g/mol. The van der Waals surface area contributed by atoms with Crippen LogP contribution in [-0.4, -0.2) is 26.6 Å². The van der Waals surface area contributed by atoms with Gasteiger partial charge in [0.1, 0.15) is 9.84 Å². The predicted molar refractivity (Wildman–Crippen MR) is 32.2 cm³/mol. The maximum Gasteiger partial charge on any atom is 0.156 e. The minimum absolute atomic E-state index is 0.0120. The van der Waals surface area contributed by atoms with Gasteiger partial charge >= 0.3 is 0 Å². The standard InChI is InChI=1S/C3H7O3PS/c1-8(5,6)3-2-7-4/h2-3H2,1H3. The first-order valence-electron chi connectivity index (χ1n) is 2.03. The third-order valence-corrected chi connectivity index (χ3v) is 2.21. The molecule has 0 amide bonds. The van der Waals surface area contributed by atoms with Crippen LogP contribution >= 0.6 is 8.46 Å². The maximum absolute atomic E-state index is 10.2. The van der Waals surface area contributed by atoms with Crippen molar-refractivity contribution in [1.82, 2.24) is 0 Å². The second-order valence-corrected chi connectivity index (χ2v) is 4.45. The van der Waals surface area contributed by atoms with E-state index in [0.29, 0.717) is 0 Å². The highest BCUT2D eigenvalue weighted by molar-refractivity contribution is 7.90. The van der Waals surface area contributed by atoms with Crippen LogP contribution in [0.1, 0.15) is 0 Å². The Kier molecular flexibility index (Phi) is 3.17. The second kappa shape index (κ2) is 3.15. The Bertz CT molecular complexity index is 159. The lowest BCUT2D eigenvalue weighted by molar-refractivity contribution is 0.594. The molecule has 0 saturated heterocycles. The summed E-state index contributed by atoms with van der Waals surface area (Å²) in [5, 5.41) is 0. The highest BCUT2D eigenvalue weighted by Gasteiger charge is 1.98. The molecule has 0 rings (SSSR count). The van der Waals surface area contributed by atoms with Crippen LogP contribution in [0.2, 0.25) is 0 Å². The lowest BCUT2D eigenvalue weighted by Crippen LogP contribution is -2.03. The van der Waals surface area contributed by atoms with Crippen molar-refractivity contribution in [1.29, 1.82) is 0 Å². The van der Waals surface area contributed by atoms with Crippen molar-refractivity contribution >= 4 is 18.3 Å². The van der Waals surface area contributed by atoms with Gasteiger partial charge in [0.05, 0.1) is 5.75 Å². The minimum atomic E-state index is -2.89. The normalized spacial score (nSPS) is 12.1. The van der Waals surface area contributed by atoms with Gasteiger partial charge in [0.2, 0.25) is 0 Å². The van der Waals surface area contributed by atoms with Crippen LogP contribution in [0.4, 0.5) is 0 Å². The molecule has 5 heteroatoms. The lowest BCUT2D eigenvalue weighted by atomic mass is 11.0. The Balaban J connectivity index is 3.57. The summed E-state index contributed by atoms with van der Waals surface area (Å²) in [7, 11) is -2.99. The first kappa shape index (κ1) is 8.05. The summed E-state index contributed by atoms with van der Waals surface area (Å²) in [6, 6.07) is 0. The van der Waals surface area contributed by atoms with Gasteiger partial charge in [0, 0.05) is 12.4 Å². The highest BCUT2D eigenvalue weighted by atomic mass is 32.2. The van der Waals surface area contributed by atoms with Gasteiger partial charge in [-0.05, 0) is 0 Å². The van der Waals surface area contributed by atoms with Crippen molar-refractivity contribution in [2.45, 2.75) is 0 Å². The highest BCUT2D eigenvalue weighted by Crippen LogP contribution is 1.92. The number of sulfone groups is 1. The largest absolute Gasteiger partial charge is 0.275 e. The van der Waals surface area contributed by atoms with E-state index in [1.54, 1.807) is 0 Å². The Morgan fingerprint density at radius 2 is 2.00 bits per heavy atom. The van der Waals surface area contributed by atoms with Gasteiger partial charge in [0.15, 0.2) is 8.46 Å². The maximum atomic E-state index is 10.2. The SMILES string of the molecule is CS(=O)(=O)CCP=O. The van der Waals surface area contributed by atoms with E-state index in [1.165, 1.54) is 0 Å². The van der Waals surface area contributed by atoms with Crippen molar-refractivity contribution < 1.29 is 13.0 Å². The van der Waals surface area contributed by atoms with E-state index in [-0.39, 0.29) is 20.4 Å². The first-order chi connectivity index (χ1) is 3.56. The van der Waals surface area contributed by atoms with Gasteiger partial charge in [-0.2, -0.15) is 0 Å². The first-order valence-corrected chi connectivity index (χ1v) is 5.09. The second-order valence-electron chi connectivity index (χ2n) is 1.48. The van der Waals surface area contributed by atoms with Crippen LogP contribution in [0, 0.1) is 0 Å². The van der Waals surface area contributed by atoms with Crippen molar-refractivity contribution in [3.05, 3.63) is 0 Å². The average Bonchev–Trinajstić information content (AvgIpc) is 1.59. The van der Waals surface area contributed by atoms with Gasteiger partial charge in [-0.1, -0.05) is 0 Å². The molecule has 0 aromatic heterocycles. The van der Waals surface area contributed by atoms with Crippen molar-refractivity contribution in [2.24, 2.45) is 0 Å². The van der Waals surface area contributed by atoms with Crippen LogP contribution in [0.15, 0.2) is 0 Å². The van der Waals surface area contributed by atoms with Gasteiger partial charge in [-0.3, -0.25) is 4.57 Å². The third-order valence-electron chi connectivity index (χ3n) is 0.553. The molecule has 8 heavy (non-hydrogen) atoms. The molecule has 0 spiro atoms. The third kappa shape index (κ3) is 6.05. The number of hydrogen-bond acceptors (Lipinski definition) is 3. The molecule has 48 valence electrons. The smallest absolute Gasteiger partial charge is 0.156 e. The molecule has 0 aromatic rings. The summed E-state index contributed by atoms with van der Waals surface area (Å²) in [6.07, 6.45) is 1.33. The lowest BCUT2D eigenvalue weighted by Gasteiger charge is -1.86. The molecule has 0 aromatic carbocycles. The van der Waals surface area contributed by atoms with Gasteiger partial charge < -0.3 is 0 Å². The van der Waals surface area contributed by atoms with Crippen LogP contribution in [0.5, 0.6) is 0 Å². The topological polar surface area (TPSA) is 51.2 Å². The van der Waals surface area contributed by atoms with Crippen molar-refractivity contribution in [2.75, 3.05) is 18.2 Å². The fraction of sp³-hybridized carbons (Fsp3) is 1.00. The molecule has 0 aliphatic rings. The number of hydrogen-bond donors (Lipinski definition) is 0. The fourth-order valence-corrected chi connectivity index (χ4v) is 1.83.